The molecule has 1 heteroatoms. The second kappa shape index (κ2) is 7.83. The molecule has 0 heterocycles. The topological polar surface area (TPSA) is 12.0 Å². The van der Waals surface area contributed by atoms with Crippen LogP contribution in [0, 0.1) is 5.92 Å². The van der Waals surface area contributed by atoms with Crippen molar-refractivity contribution in [3.63, 3.8) is 0 Å². The second-order valence-corrected chi connectivity index (χ2v) is 6.70. The predicted molar refractivity (Wildman–Crippen MR) is 88.0 cm³/mol. The van der Waals surface area contributed by atoms with Crippen LogP contribution in [0.15, 0.2) is 24.3 Å². The maximum absolute atomic E-state index is 3.83. The first kappa shape index (κ1) is 15.6. The minimum absolute atomic E-state index is 0.477. The SMILES string of the molecule is CCCCc1ccc(C(C)NC2CCCC(C)C2)cc1. The fourth-order valence-electron chi connectivity index (χ4n) is 3.39. The molecule has 1 fully saturated rings. The highest BCUT2D eigenvalue weighted by molar-refractivity contribution is 5.25. The molecule has 3 unspecified atom stereocenters. The van der Waals surface area contributed by atoms with Crippen LogP contribution >= 0.6 is 0 Å². The monoisotopic (exact) mass is 273 g/mol. The number of unbranched alkanes of at least 4 members (excludes halogenated alkanes) is 1. The quantitative estimate of drug-likeness (QED) is 0.745. The Hall–Kier alpha value is -0.820. The van der Waals surface area contributed by atoms with E-state index in [9.17, 15) is 0 Å². The molecule has 1 aliphatic rings. The normalized spacial score (nSPS) is 24.6. The third-order valence-corrected chi connectivity index (χ3v) is 4.72. The summed E-state index contributed by atoms with van der Waals surface area (Å²) in [5.41, 5.74) is 2.91. The summed E-state index contributed by atoms with van der Waals surface area (Å²) in [5.74, 6) is 0.893. The summed E-state index contributed by atoms with van der Waals surface area (Å²) in [7, 11) is 0. The van der Waals surface area contributed by atoms with E-state index in [-0.39, 0.29) is 0 Å². The molecule has 0 saturated heterocycles. The molecular formula is C19H31N. The lowest BCUT2D eigenvalue weighted by Gasteiger charge is -2.30. The Morgan fingerprint density at radius 2 is 1.95 bits per heavy atom. The van der Waals surface area contributed by atoms with Gasteiger partial charge in [-0.25, -0.2) is 0 Å². The molecular weight excluding hydrogens is 242 g/mol. The van der Waals surface area contributed by atoms with Crippen LogP contribution in [-0.4, -0.2) is 6.04 Å². The maximum atomic E-state index is 3.83. The van der Waals surface area contributed by atoms with Gasteiger partial charge in [0.05, 0.1) is 0 Å². The minimum atomic E-state index is 0.477. The third-order valence-electron chi connectivity index (χ3n) is 4.72. The van der Waals surface area contributed by atoms with Gasteiger partial charge >= 0.3 is 0 Å². The van der Waals surface area contributed by atoms with E-state index >= 15 is 0 Å². The van der Waals surface area contributed by atoms with Gasteiger partial charge in [-0.2, -0.15) is 0 Å². The van der Waals surface area contributed by atoms with E-state index < -0.39 is 0 Å². The van der Waals surface area contributed by atoms with Gasteiger partial charge in [-0.3, -0.25) is 0 Å². The molecule has 1 nitrogen and oxygen atoms in total. The number of rotatable bonds is 6. The van der Waals surface area contributed by atoms with E-state index in [2.05, 4.69) is 50.4 Å². The first-order chi connectivity index (χ1) is 9.69. The Kier molecular flexibility index (Phi) is 6.09. The maximum Gasteiger partial charge on any atom is 0.0294 e. The summed E-state index contributed by atoms with van der Waals surface area (Å²) in [5, 5.41) is 3.83. The van der Waals surface area contributed by atoms with Crippen molar-refractivity contribution in [2.45, 2.75) is 77.8 Å². The Bertz CT molecular complexity index is 381. The summed E-state index contributed by atoms with van der Waals surface area (Å²) in [6.07, 6.45) is 9.30. The molecule has 0 bridgehead atoms. The van der Waals surface area contributed by atoms with Gasteiger partial charge in [-0.15, -0.1) is 0 Å². The van der Waals surface area contributed by atoms with Crippen LogP contribution in [0.1, 0.15) is 76.5 Å². The van der Waals surface area contributed by atoms with Crippen LogP contribution in [0.25, 0.3) is 0 Å². The Morgan fingerprint density at radius 1 is 1.20 bits per heavy atom. The summed E-state index contributed by atoms with van der Waals surface area (Å²) in [6.45, 7) is 6.95. The summed E-state index contributed by atoms with van der Waals surface area (Å²) < 4.78 is 0. The average Bonchev–Trinajstić information content (AvgIpc) is 2.45. The van der Waals surface area contributed by atoms with Gasteiger partial charge in [-0.1, -0.05) is 57.4 Å². The molecule has 1 N–H and O–H groups in total. The Morgan fingerprint density at radius 3 is 2.60 bits per heavy atom. The second-order valence-electron chi connectivity index (χ2n) is 6.70. The first-order valence-corrected chi connectivity index (χ1v) is 8.54. The molecule has 3 atom stereocenters. The van der Waals surface area contributed by atoms with Crippen LogP contribution < -0.4 is 5.32 Å². The molecule has 2 rings (SSSR count). The van der Waals surface area contributed by atoms with E-state index in [4.69, 9.17) is 0 Å². The molecule has 1 aromatic carbocycles. The van der Waals surface area contributed by atoms with Gasteiger partial charge in [0.1, 0.15) is 0 Å². The van der Waals surface area contributed by atoms with Crippen molar-refractivity contribution in [3.05, 3.63) is 35.4 Å². The molecule has 0 amide bonds. The highest BCUT2D eigenvalue weighted by atomic mass is 14.9. The summed E-state index contributed by atoms with van der Waals surface area (Å²) in [6, 6.07) is 10.4. The molecule has 0 spiro atoms. The van der Waals surface area contributed by atoms with Gasteiger partial charge in [-0.05, 0) is 49.7 Å². The molecule has 20 heavy (non-hydrogen) atoms. The Labute approximate surface area is 125 Å². The van der Waals surface area contributed by atoms with Crippen molar-refractivity contribution in [2.24, 2.45) is 5.92 Å². The zero-order chi connectivity index (χ0) is 14.4. The molecule has 0 aromatic heterocycles. The minimum Gasteiger partial charge on any atom is -0.307 e. The molecule has 1 saturated carbocycles. The van der Waals surface area contributed by atoms with E-state index in [1.807, 2.05) is 0 Å². The molecule has 1 aliphatic carbocycles. The lowest BCUT2D eigenvalue weighted by Crippen LogP contribution is -2.35. The van der Waals surface area contributed by atoms with Crippen LogP contribution in [0.3, 0.4) is 0 Å². The summed E-state index contributed by atoms with van der Waals surface area (Å²) >= 11 is 0. The van der Waals surface area contributed by atoms with Crippen LogP contribution in [0.2, 0.25) is 0 Å². The predicted octanol–water partition coefficient (Wildman–Crippen LogP) is 5.26. The zero-order valence-electron chi connectivity index (χ0n) is 13.5. The number of hydrogen-bond donors (Lipinski definition) is 1. The first-order valence-electron chi connectivity index (χ1n) is 8.54. The van der Waals surface area contributed by atoms with E-state index in [0.717, 1.165) is 5.92 Å². The molecule has 112 valence electrons. The summed E-state index contributed by atoms with van der Waals surface area (Å²) in [4.78, 5) is 0. The van der Waals surface area contributed by atoms with E-state index in [0.29, 0.717) is 12.1 Å². The van der Waals surface area contributed by atoms with Crippen molar-refractivity contribution in [1.29, 1.82) is 0 Å². The standard InChI is InChI=1S/C19H31N/c1-4-5-8-17-10-12-18(13-11-17)16(3)20-19-9-6-7-15(2)14-19/h10-13,15-16,19-20H,4-9,14H2,1-3H3. The highest BCUT2D eigenvalue weighted by Crippen LogP contribution is 2.26. The van der Waals surface area contributed by atoms with E-state index in [1.165, 1.54) is 56.1 Å². The van der Waals surface area contributed by atoms with E-state index in [1.54, 1.807) is 0 Å². The smallest absolute Gasteiger partial charge is 0.0294 e. The van der Waals surface area contributed by atoms with Crippen molar-refractivity contribution in [1.82, 2.24) is 5.32 Å². The Balaban J connectivity index is 1.86. The number of hydrogen-bond acceptors (Lipinski definition) is 1. The zero-order valence-corrected chi connectivity index (χ0v) is 13.5. The van der Waals surface area contributed by atoms with Gasteiger partial charge in [0.15, 0.2) is 0 Å². The number of benzene rings is 1. The average molecular weight is 273 g/mol. The van der Waals surface area contributed by atoms with Crippen molar-refractivity contribution >= 4 is 0 Å². The van der Waals surface area contributed by atoms with Crippen molar-refractivity contribution in [2.75, 3.05) is 0 Å². The van der Waals surface area contributed by atoms with Crippen LogP contribution in [0.4, 0.5) is 0 Å². The highest BCUT2D eigenvalue weighted by Gasteiger charge is 2.20. The lowest BCUT2D eigenvalue weighted by molar-refractivity contribution is 0.285. The van der Waals surface area contributed by atoms with Gasteiger partial charge < -0.3 is 5.32 Å². The van der Waals surface area contributed by atoms with Gasteiger partial charge in [0, 0.05) is 12.1 Å². The fraction of sp³-hybridized carbons (Fsp3) is 0.684. The van der Waals surface area contributed by atoms with Crippen molar-refractivity contribution in [3.8, 4) is 0 Å². The lowest BCUT2D eigenvalue weighted by atomic mass is 9.86. The molecule has 1 aromatic rings. The molecule has 0 radical (unpaired) electrons. The molecule has 0 aliphatic heterocycles. The number of nitrogens with one attached hydrogen (secondary N) is 1. The largest absolute Gasteiger partial charge is 0.307 e. The third kappa shape index (κ3) is 4.63. The van der Waals surface area contributed by atoms with Crippen LogP contribution in [-0.2, 0) is 6.42 Å². The van der Waals surface area contributed by atoms with Crippen LogP contribution in [0.5, 0.6) is 0 Å². The number of aryl methyl sites for hydroxylation is 1. The fourth-order valence-corrected chi connectivity index (χ4v) is 3.39. The van der Waals surface area contributed by atoms with Gasteiger partial charge in [0.2, 0.25) is 0 Å². The van der Waals surface area contributed by atoms with Crippen molar-refractivity contribution < 1.29 is 0 Å². The van der Waals surface area contributed by atoms with Gasteiger partial charge in [0.25, 0.3) is 0 Å².